The fraction of sp³-hybridized carbons (Fsp3) is 0.269. The van der Waals surface area contributed by atoms with Gasteiger partial charge in [0.2, 0.25) is 0 Å². The zero-order valence-corrected chi connectivity index (χ0v) is 40.7. The molecule has 1 saturated heterocycles. The smallest absolute Gasteiger partial charge is 0.496 e. The second-order valence-corrected chi connectivity index (χ2v) is 16.5. The number of benzene rings is 4. The van der Waals surface area contributed by atoms with Crippen molar-refractivity contribution in [1.82, 2.24) is 9.97 Å². The van der Waals surface area contributed by atoms with Crippen molar-refractivity contribution in [3.63, 3.8) is 0 Å². The third-order valence-corrected chi connectivity index (χ3v) is 11.1. The largest absolute Gasteiger partial charge is 0.508 e. The molecule has 1 aliphatic heterocycles. The molecular weight excluding hydrogens is 910 g/mol. The monoisotopic (exact) mass is 967 g/mol. The maximum absolute atomic E-state index is 11.5. The number of carbonyl (C=O) groups excluding carboxylic acids is 3. The highest BCUT2D eigenvalue weighted by Gasteiger charge is 2.51. The number of ether oxygens (including phenoxy) is 6. The Kier molecular flexibility index (Phi) is 21.1. The first kappa shape index (κ1) is 55.9. The summed E-state index contributed by atoms with van der Waals surface area (Å²) in [6.45, 7) is 8.09. The molecule has 1 aliphatic rings. The van der Waals surface area contributed by atoms with Gasteiger partial charge in [0.05, 0.1) is 46.8 Å². The summed E-state index contributed by atoms with van der Waals surface area (Å²) >= 11 is 12.2. The Balaban J connectivity index is 0.000000270. The molecule has 3 heterocycles. The van der Waals surface area contributed by atoms with Gasteiger partial charge < -0.3 is 45.2 Å². The van der Waals surface area contributed by atoms with Crippen LogP contribution in [0.15, 0.2) is 122 Å². The van der Waals surface area contributed by atoms with Gasteiger partial charge in [-0.2, -0.15) is 0 Å². The van der Waals surface area contributed by atoms with E-state index in [1.54, 1.807) is 44.8 Å². The van der Waals surface area contributed by atoms with Gasteiger partial charge in [0.15, 0.2) is 0 Å². The Morgan fingerprint density at radius 1 is 0.588 bits per heavy atom. The molecule has 16 heteroatoms. The summed E-state index contributed by atoms with van der Waals surface area (Å²) in [5.74, 6) is 0.610. The summed E-state index contributed by atoms with van der Waals surface area (Å²) in [5, 5.41) is 1.32. The third kappa shape index (κ3) is 14.8. The summed E-state index contributed by atoms with van der Waals surface area (Å²) < 4.78 is 41.3. The molecular formula is C52H58BCl2N2O11-. The fourth-order valence-corrected chi connectivity index (χ4v) is 6.79. The van der Waals surface area contributed by atoms with E-state index in [0.717, 1.165) is 55.9 Å². The maximum Gasteiger partial charge on any atom is 0.508 e. The molecule has 4 aromatic carbocycles. The van der Waals surface area contributed by atoms with E-state index in [0.29, 0.717) is 22.2 Å². The van der Waals surface area contributed by atoms with Crippen LogP contribution in [0.2, 0.25) is 10.0 Å². The van der Waals surface area contributed by atoms with Crippen LogP contribution in [0.5, 0.6) is 11.5 Å². The van der Waals surface area contributed by atoms with E-state index in [2.05, 4.69) is 30.2 Å². The molecule has 68 heavy (non-hydrogen) atoms. The number of hydrogen-bond donors (Lipinski definition) is 0. The molecule has 0 aliphatic carbocycles. The summed E-state index contributed by atoms with van der Waals surface area (Å²) in [4.78, 5) is 42.0. The molecule has 7 rings (SSSR count). The maximum atomic E-state index is 11.5. The van der Waals surface area contributed by atoms with Crippen LogP contribution in [-0.2, 0) is 41.3 Å². The van der Waals surface area contributed by atoms with Crippen LogP contribution in [0, 0.1) is 7.43 Å². The molecule has 2 aromatic heterocycles. The average molecular weight is 969 g/mol. The van der Waals surface area contributed by atoms with Gasteiger partial charge in [-0.05, 0) is 123 Å². The number of rotatable bonds is 11. The molecule has 0 unspecified atom stereocenters. The molecule has 0 radical (unpaired) electrons. The number of carbonyl (C=O) groups is 3. The Labute approximate surface area is 410 Å². The normalized spacial score (nSPS) is 12.8. The van der Waals surface area contributed by atoms with Crippen LogP contribution in [0.25, 0.3) is 22.3 Å². The Hall–Kier alpha value is -6.45. The highest BCUT2D eigenvalue weighted by atomic mass is 35.5. The first-order valence-corrected chi connectivity index (χ1v) is 21.3. The van der Waals surface area contributed by atoms with Gasteiger partial charge >= 0.3 is 25.2 Å². The lowest BCUT2D eigenvalue weighted by Crippen LogP contribution is -2.41. The summed E-state index contributed by atoms with van der Waals surface area (Å²) in [6, 6.07) is 33.6. The van der Waals surface area contributed by atoms with Crippen LogP contribution in [-0.4, -0.2) is 81.9 Å². The van der Waals surface area contributed by atoms with E-state index in [-0.39, 0.29) is 27.2 Å². The molecule has 0 saturated carbocycles. The lowest BCUT2D eigenvalue weighted by Gasteiger charge is -2.32. The van der Waals surface area contributed by atoms with E-state index in [1.807, 2.05) is 113 Å². The van der Waals surface area contributed by atoms with E-state index >= 15 is 0 Å². The zero-order valence-electron chi connectivity index (χ0n) is 39.2. The minimum Gasteiger partial charge on any atom is -0.496 e. The molecule has 0 bridgehead atoms. The topological polar surface area (TPSA) is 151 Å². The number of esters is 2. The van der Waals surface area contributed by atoms with Crippen molar-refractivity contribution in [1.29, 1.82) is 0 Å². The Bertz CT molecular complexity index is 2590. The van der Waals surface area contributed by atoms with E-state index in [1.165, 1.54) is 21.3 Å². The van der Waals surface area contributed by atoms with Crippen molar-refractivity contribution in [2.75, 3.05) is 35.5 Å². The first-order valence-electron chi connectivity index (χ1n) is 20.5. The molecule has 0 amide bonds. The van der Waals surface area contributed by atoms with E-state index < -0.39 is 36.4 Å². The molecule has 6 aromatic rings. The van der Waals surface area contributed by atoms with Crippen molar-refractivity contribution in [3.8, 4) is 33.8 Å². The van der Waals surface area contributed by atoms with Crippen molar-refractivity contribution < 1.29 is 52.1 Å². The van der Waals surface area contributed by atoms with Crippen LogP contribution in [0.4, 0.5) is 4.79 Å². The second-order valence-electron chi connectivity index (χ2n) is 15.6. The van der Waals surface area contributed by atoms with Crippen molar-refractivity contribution in [2.24, 2.45) is 0 Å². The van der Waals surface area contributed by atoms with E-state index in [4.69, 9.17) is 46.7 Å². The van der Waals surface area contributed by atoms with Gasteiger partial charge in [-0.25, -0.2) is 24.4 Å². The quantitative estimate of drug-likeness (QED) is 0.0525. The van der Waals surface area contributed by atoms with Gasteiger partial charge in [-0.3, -0.25) is 0 Å². The number of methoxy groups -OCH3 is 5. The first-order chi connectivity index (χ1) is 31.5. The summed E-state index contributed by atoms with van der Waals surface area (Å²) in [7, 11) is 6.73. The number of pyridine rings is 2. The molecule has 0 N–H and O–H groups in total. The highest BCUT2D eigenvalue weighted by Crippen LogP contribution is 2.37. The summed E-state index contributed by atoms with van der Waals surface area (Å²) in [5.41, 5.74) is 7.29. The lowest BCUT2D eigenvalue weighted by molar-refractivity contribution is 0.00578. The molecule has 360 valence electrons. The number of hydrogen-bond acceptors (Lipinski definition) is 13. The Morgan fingerprint density at radius 3 is 1.49 bits per heavy atom. The fourth-order valence-electron chi connectivity index (χ4n) is 6.41. The number of nitrogens with zero attached hydrogens (tertiary/aromatic N) is 2. The molecule has 13 nitrogen and oxygen atoms in total. The second kappa shape index (κ2) is 25.6. The lowest BCUT2D eigenvalue weighted by atomic mass is 9.80. The third-order valence-electron chi connectivity index (χ3n) is 10.7. The van der Waals surface area contributed by atoms with Gasteiger partial charge in [0, 0.05) is 39.0 Å². The van der Waals surface area contributed by atoms with Gasteiger partial charge in [0.1, 0.15) is 29.5 Å². The summed E-state index contributed by atoms with van der Waals surface area (Å²) in [6.07, 6.45) is 3.24. The predicted molar refractivity (Wildman–Crippen MR) is 267 cm³/mol. The Morgan fingerprint density at radius 2 is 1.06 bits per heavy atom. The van der Waals surface area contributed by atoms with E-state index in [9.17, 15) is 14.4 Å². The van der Waals surface area contributed by atoms with Crippen molar-refractivity contribution in [3.05, 3.63) is 167 Å². The predicted octanol–water partition coefficient (Wildman–Crippen LogP) is 11.3. The minimum atomic E-state index is -0.713. The molecule has 1 fully saturated rings. The van der Waals surface area contributed by atoms with Crippen LogP contribution >= 0.6 is 23.2 Å². The average Bonchev–Trinajstić information content (AvgIpc) is 3.55. The SMILES string of the molecule is C.COC(=O)OCc1ccc(OC)c(-c2cccc(Cl)c2)c1.COC(=O)c1ccc(B2OC(C)(C)C(C)(C)O2)cn1.COC(=O)c1ccc(Cc2ccc(OC)c(-c3cccc(Cl)c3)c2)cn1.[CH3-]. The van der Waals surface area contributed by atoms with Crippen LogP contribution < -0.4 is 14.9 Å². The van der Waals surface area contributed by atoms with Gasteiger partial charge in [0.25, 0.3) is 0 Å². The zero-order chi connectivity index (χ0) is 48.0. The highest BCUT2D eigenvalue weighted by molar-refractivity contribution is 6.62. The number of halogens is 2. The number of aromatic nitrogens is 2. The van der Waals surface area contributed by atoms with Gasteiger partial charge in [-0.15, -0.1) is 0 Å². The minimum absolute atomic E-state index is 0. The van der Waals surface area contributed by atoms with Crippen LogP contribution in [0.3, 0.4) is 0 Å². The molecule has 0 atom stereocenters. The van der Waals surface area contributed by atoms with Crippen molar-refractivity contribution >= 4 is 53.9 Å². The van der Waals surface area contributed by atoms with Gasteiger partial charge in [-0.1, -0.05) is 79.2 Å². The molecule has 0 spiro atoms. The van der Waals surface area contributed by atoms with Crippen LogP contribution in [0.1, 0.15) is 72.8 Å². The standard InChI is InChI=1S/C21H18ClNO3.C16H15ClO4.C13H18BNO4.CH4.CH3/c1-25-20-9-7-14(11-18(20)16-4-3-5-17(22)12-16)10-15-6-8-19(23-13-15)21(24)26-2;1-19-15-7-6-11(10-21-16(18)20-2)8-14(15)12-4-3-5-13(17)9-12;1-12(2)13(3,4)19-14(18-12)9-6-7-10(15-8-9)11(16)17-5;;/h3-9,11-13H,10H2,1-2H3;3-9H,10H2,1-2H3;6-8H,1-5H3;1H4;1H3/q;;;;-1. The van der Waals surface area contributed by atoms with Crippen molar-refractivity contribution in [2.45, 2.75) is 59.4 Å².